The molecule has 0 radical (unpaired) electrons. The average molecular weight is 334 g/mol. The number of hydrogen-bond donors (Lipinski definition) is 0. The van der Waals surface area contributed by atoms with E-state index >= 15 is 0 Å². The fourth-order valence-electron chi connectivity index (χ4n) is 2.66. The van der Waals surface area contributed by atoms with E-state index in [1.165, 1.54) is 12.1 Å². The number of hydrogen-bond acceptors (Lipinski definition) is 2. The Hall–Kier alpha value is -2.83. The Morgan fingerprint density at radius 2 is 1.71 bits per heavy atom. The maximum atomic E-state index is 13.0. The summed E-state index contributed by atoms with van der Waals surface area (Å²) in [6.07, 6.45) is -4.52. The van der Waals surface area contributed by atoms with Crippen molar-refractivity contribution in [3.63, 3.8) is 0 Å². The summed E-state index contributed by atoms with van der Waals surface area (Å²) < 4.78 is 41.0. The minimum atomic E-state index is -4.52. The van der Waals surface area contributed by atoms with Gasteiger partial charge in [-0.15, -0.1) is 0 Å². The summed E-state index contributed by atoms with van der Waals surface area (Å²) in [6.45, 7) is 1.76. The highest BCUT2D eigenvalue weighted by atomic mass is 19.4. The van der Waals surface area contributed by atoms with Gasteiger partial charge in [-0.25, -0.2) is 4.79 Å². The third-order valence-corrected chi connectivity index (χ3v) is 3.79. The topological polar surface area (TPSA) is 44.0 Å². The van der Waals surface area contributed by atoms with Crippen LogP contribution in [0.1, 0.15) is 12.5 Å². The zero-order valence-corrected chi connectivity index (χ0v) is 12.7. The molecule has 0 aliphatic rings. The van der Waals surface area contributed by atoms with Crippen LogP contribution in [0.5, 0.6) is 0 Å². The quantitative estimate of drug-likeness (QED) is 0.722. The van der Waals surface area contributed by atoms with Crippen molar-refractivity contribution in [2.75, 3.05) is 0 Å². The van der Waals surface area contributed by atoms with Crippen LogP contribution in [0.25, 0.3) is 16.6 Å². The smallest absolute Gasteiger partial charge is 0.268 e. The van der Waals surface area contributed by atoms with Gasteiger partial charge in [0.05, 0.1) is 22.2 Å². The Kier molecular flexibility index (Phi) is 3.79. The maximum absolute atomic E-state index is 13.0. The lowest BCUT2D eigenvalue weighted by Crippen LogP contribution is -2.39. The van der Waals surface area contributed by atoms with Crippen LogP contribution >= 0.6 is 0 Å². The van der Waals surface area contributed by atoms with Crippen molar-refractivity contribution in [2.45, 2.75) is 19.6 Å². The van der Waals surface area contributed by atoms with Crippen LogP contribution in [0, 0.1) is 0 Å². The van der Waals surface area contributed by atoms with Gasteiger partial charge in [0, 0.05) is 6.54 Å². The first-order chi connectivity index (χ1) is 11.3. The zero-order chi connectivity index (χ0) is 17.5. The first-order valence-corrected chi connectivity index (χ1v) is 7.27. The van der Waals surface area contributed by atoms with E-state index in [0.717, 1.165) is 21.3 Å². The summed E-state index contributed by atoms with van der Waals surface area (Å²) in [4.78, 5) is 25.0. The number of fused-ring (bicyclic) bond motifs is 1. The molecule has 3 rings (SSSR count). The monoisotopic (exact) mass is 334 g/mol. The highest BCUT2D eigenvalue weighted by molar-refractivity contribution is 5.79. The van der Waals surface area contributed by atoms with Crippen molar-refractivity contribution in [3.8, 4) is 5.69 Å². The van der Waals surface area contributed by atoms with Gasteiger partial charge in [0.15, 0.2) is 0 Å². The molecule has 4 nitrogen and oxygen atoms in total. The van der Waals surface area contributed by atoms with Crippen LogP contribution in [0.3, 0.4) is 0 Å². The van der Waals surface area contributed by atoms with Gasteiger partial charge >= 0.3 is 11.9 Å². The van der Waals surface area contributed by atoms with E-state index in [-0.39, 0.29) is 23.1 Å². The Balaban J connectivity index is 2.43. The van der Waals surface area contributed by atoms with Gasteiger partial charge in [0.1, 0.15) is 0 Å². The molecule has 0 fully saturated rings. The molecule has 0 N–H and O–H groups in total. The summed E-state index contributed by atoms with van der Waals surface area (Å²) in [5.41, 5.74) is -1.64. The molecule has 0 aliphatic heterocycles. The number of alkyl halides is 3. The van der Waals surface area contributed by atoms with E-state index in [2.05, 4.69) is 0 Å². The second-order valence-electron chi connectivity index (χ2n) is 5.23. The number of nitrogens with zero attached hydrogens (tertiary/aromatic N) is 2. The standard InChI is InChI=1S/C17H13F3N2O2/c1-2-21-15(23)13-8-3-4-9-14(13)22(16(21)24)12-7-5-6-11(10-12)17(18,19)20/h3-10H,2H2,1H3. The van der Waals surface area contributed by atoms with Crippen molar-refractivity contribution in [1.82, 2.24) is 9.13 Å². The Morgan fingerprint density at radius 3 is 2.38 bits per heavy atom. The van der Waals surface area contributed by atoms with Gasteiger partial charge in [0.2, 0.25) is 0 Å². The van der Waals surface area contributed by atoms with E-state index in [4.69, 9.17) is 0 Å². The molecule has 24 heavy (non-hydrogen) atoms. The zero-order valence-electron chi connectivity index (χ0n) is 12.7. The van der Waals surface area contributed by atoms with Gasteiger partial charge in [-0.3, -0.25) is 13.9 Å². The van der Waals surface area contributed by atoms with Crippen molar-refractivity contribution < 1.29 is 13.2 Å². The van der Waals surface area contributed by atoms with Gasteiger partial charge in [-0.1, -0.05) is 18.2 Å². The van der Waals surface area contributed by atoms with Crippen LogP contribution in [0.15, 0.2) is 58.1 Å². The summed E-state index contributed by atoms with van der Waals surface area (Å²) in [7, 11) is 0. The first kappa shape index (κ1) is 16.0. The molecule has 7 heteroatoms. The van der Waals surface area contributed by atoms with Crippen LogP contribution in [0.2, 0.25) is 0 Å². The van der Waals surface area contributed by atoms with Crippen LogP contribution in [-0.4, -0.2) is 9.13 Å². The predicted octanol–water partition coefficient (Wildman–Crippen LogP) is 3.19. The van der Waals surface area contributed by atoms with E-state index in [0.29, 0.717) is 0 Å². The van der Waals surface area contributed by atoms with Crippen LogP contribution in [0.4, 0.5) is 13.2 Å². The molecule has 1 aromatic heterocycles. The number of aromatic nitrogens is 2. The number of rotatable bonds is 2. The van der Waals surface area contributed by atoms with Crippen molar-refractivity contribution in [3.05, 3.63) is 74.9 Å². The summed E-state index contributed by atoms with van der Waals surface area (Å²) in [6, 6.07) is 10.8. The SMILES string of the molecule is CCn1c(=O)c2ccccc2n(-c2cccc(C(F)(F)F)c2)c1=O. The highest BCUT2D eigenvalue weighted by Gasteiger charge is 2.30. The Labute approximate surface area is 134 Å². The van der Waals surface area contributed by atoms with Crippen LogP contribution in [-0.2, 0) is 12.7 Å². The molecule has 3 aromatic rings. The van der Waals surface area contributed by atoms with Gasteiger partial charge < -0.3 is 0 Å². The number of halogens is 3. The van der Waals surface area contributed by atoms with Crippen molar-refractivity contribution in [1.29, 1.82) is 0 Å². The number of para-hydroxylation sites is 1. The van der Waals surface area contributed by atoms with E-state index in [1.807, 2.05) is 0 Å². The molecular formula is C17H13F3N2O2. The Bertz CT molecular complexity index is 1030. The molecule has 0 amide bonds. The summed E-state index contributed by atoms with van der Waals surface area (Å²) in [5, 5.41) is 0.274. The van der Waals surface area contributed by atoms with Crippen molar-refractivity contribution in [2.24, 2.45) is 0 Å². The molecular weight excluding hydrogens is 321 g/mol. The molecule has 2 aromatic carbocycles. The highest BCUT2D eigenvalue weighted by Crippen LogP contribution is 2.30. The second-order valence-corrected chi connectivity index (χ2v) is 5.23. The molecule has 0 saturated heterocycles. The van der Waals surface area contributed by atoms with E-state index in [1.54, 1.807) is 31.2 Å². The molecule has 0 unspecified atom stereocenters. The molecule has 124 valence electrons. The summed E-state index contributed by atoms with van der Waals surface area (Å²) >= 11 is 0. The molecule has 0 spiro atoms. The summed E-state index contributed by atoms with van der Waals surface area (Å²) in [5.74, 6) is 0. The van der Waals surface area contributed by atoms with Gasteiger partial charge in [-0.05, 0) is 37.3 Å². The molecule has 0 atom stereocenters. The third kappa shape index (κ3) is 2.51. The fourth-order valence-corrected chi connectivity index (χ4v) is 2.66. The molecule has 0 saturated carbocycles. The van der Waals surface area contributed by atoms with Crippen molar-refractivity contribution >= 4 is 10.9 Å². The minimum absolute atomic E-state index is 0.0632. The minimum Gasteiger partial charge on any atom is -0.268 e. The number of benzene rings is 2. The molecule has 0 aliphatic carbocycles. The predicted molar refractivity (Wildman–Crippen MR) is 84.5 cm³/mol. The third-order valence-electron chi connectivity index (χ3n) is 3.79. The normalized spacial score (nSPS) is 11.8. The largest absolute Gasteiger partial charge is 0.416 e. The van der Waals surface area contributed by atoms with Gasteiger partial charge in [-0.2, -0.15) is 13.2 Å². The van der Waals surface area contributed by atoms with E-state index < -0.39 is 23.0 Å². The molecule has 1 heterocycles. The fraction of sp³-hybridized carbons (Fsp3) is 0.176. The van der Waals surface area contributed by atoms with Gasteiger partial charge in [0.25, 0.3) is 5.56 Å². The lowest BCUT2D eigenvalue weighted by atomic mass is 10.1. The average Bonchev–Trinajstić information content (AvgIpc) is 2.55. The molecule has 0 bridgehead atoms. The van der Waals surface area contributed by atoms with Crippen LogP contribution < -0.4 is 11.2 Å². The maximum Gasteiger partial charge on any atom is 0.416 e. The van der Waals surface area contributed by atoms with E-state index in [9.17, 15) is 22.8 Å². The first-order valence-electron chi connectivity index (χ1n) is 7.27. The lowest BCUT2D eigenvalue weighted by molar-refractivity contribution is -0.137. The lowest BCUT2D eigenvalue weighted by Gasteiger charge is -2.15. The second kappa shape index (κ2) is 5.67. The Morgan fingerprint density at radius 1 is 1.00 bits per heavy atom.